The monoisotopic (exact) mass is 1270 g/mol. The van der Waals surface area contributed by atoms with Crippen molar-refractivity contribution in [1.29, 1.82) is 0 Å². The molecule has 7 atom stereocenters. The number of ketones is 1. The van der Waals surface area contributed by atoms with Crippen LogP contribution in [0.5, 0.6) is 0 Å². The van der Waals surface area contributed by atoms with Gasteiger partial charge in [-0.1, -0.05) is 62.3 Å². The highest BCUT2D eigenvalue weighted by Crippen LogP contribution is 2.35. The predicted octanol–water partition coefficient (Wildman–Crippen LogP) is 9.35. The number of carbonyl (C=O) groups is 12. The number of hydrogen-bond donors (Lipinski definition) is 0. The Bertz CT molecular complexity index is 2500. The molecule has 6 fully saturated rings. The highest BCUT2D eigenvalue weighted by Gasteiger charge is 2.49. The molecule has 89 heavy (non-hydrogen) atoms. The number of Topliss-reactive ketones (excluding diaryl/α,β-unsaturated/α-hetero) is 1. The van der Waals surface area contributed by atoms with E-state index in [2.05, 4.69) is 0 Å². The number of esters is 11. The van der Waals surface area contributed by atoms with Gasteiger partial charge in [-0.25, -0.2) is 19.2 Å². The van der Waals surface area contributed by atoms with Gasteiger partial charge in [-0.15, -0.1) is 0 Å². The van der Waals surface area contributed by atoms with Crippen LogP contribution in [0.1, 0.15) is 223 Å². The van der Waals surface area contributed by atoms with Gasteiger partial charge in [-0.2, -0.15) is 0 Å². The molecule has 0 bridgehead atoms. The van der Waals surface area contributed by atoms with Gasteiger partial charge in [0.05, 0.1) is 65.2 Å². The van der Waals surface area contributed by atoms with Crippen LogP contribution in [0.2, 0.25) is 0 Å². The van der Waals surface area contributed by atoms with Crippen LogP contribution < -0.4 is 0 Å². The van der Waals surface area contributed by atoms with E-state index < -0.39 is 91.5 Å². The lowest BCUT2D eigenvalue weighted by Crippen LogP contribution is -2.40. The smallest absolute Gasteiger partial charge is 0.350 e. The molecule has 0 radical (unpaired) electrons. The maximum atomic E-state index is 11.9. The minimum Gasteiger partial charge on any atom is -0.463 e. The van der Waals surface area contributed by atoms with Crippen molar-refractivity contribution in [2.45, 2.75) is 259 Å². The van der Waals surface area contributed by atoms with Crippen molar-refractivity contribution in [2.24, 2.45) is 43.8 Å². The summed E-state index contributed by atoms with van der Waals surface area (Å²) >= 11 is 0. The van der Waals surface area contributed by atoms with Gasteiger partial charge in [-0.3, -0.25) is 38.4 Å². The maximum Gasteiger partial charge on any atom is 0.350 e. The highest BCUT2D eigenvalue weighted by atomic mass is 16.7. The van der Waals surface area contributed by atoms with Gasteiger partial charge >= 0.3 is 65.7 Å². The summed E-state index contributed by atoms with van der Waals surface area (Å²) in [6, 6.07) is 0. The van der Waals surface area contributed by atoms with Crippen LogP contribution >= 0.6 is 0 Å². The summed E-state index contributed by atoms with van der Waals surface area (Å²) in [4.78, 5) is 137. The standard InChI is InChI=1S/C12H20O4.3C11H18O4.2C10H16O4/c1-6-11(2,3)10(14)16-8-9(13)15-7-12(8,4)5;1-5-10(2,3)9(13)15-11(4)6-8(12)7-14-11;1-5-10(2,3)8(12)15-11(4)6-7-14-9(11)13;1-5-11(3,4)10(13)15-8-7(2)6-14-9(8)12;1-4-10(2,3)9(12)14-7-5-8(11)13-6-7;1-4-10(2,3)9(12)14-7-5-6-13-8(7)11/h8H,6-7H2,1-5H3;2*5-7H2,1-4H3;7-8H,5-6H2,1-4H3;2*7H,4-6H2,1-3H3. The third-order valence-electron chi connectivity index (χ3n) is 17.0. The third kappa shape index (κ3) is 24.5. The normalized spacial score (nSPS) is 24.6. The summed E-state index contributed by atoms with van der Waals surface area (Å²) in [6.07, 6.45) is 2.82. The number of ether oxygens (including phenoxy) is 12. The van der Waals surface area contributed by atoms with Gasteiger partial charge < -0.3 is 56.8 Å². The molecule has 7 unspecified atom stereocenters. The van der Waals surface area contributed by atoms with Crippen LogP contribution in [0.4, 0.5) is 0 Å². The first kappa shape index (κ1) is 80.8. The summed E-state index contributed by atoms with van der Waals surface area (Å²) in [5.41, 5.74) is -4.69. The Morgan fingerprint density at radius 1 is 0.494 bits per heavy atom. The lowest BCUT2D eigenvalue weighted by molar-refractivity contribution is -0.214. The molecule has 6 heterocycles. The van der Waals surface area contributed by atoms with E-state index in [1.165, 1.54) is 0 Å². The zero-order valence-electron chi connectivity index (χ0n) is 57.5. The molecule has 6 rings (SSSR count). The van der Waals surface area contributed by atoms with Crippen LogP contribution in [0.3, 0.4) is 0 Å². The van der Waals surface area contributed by atoms with E-state index in [-0.39, 0.29) is 85.6 Å². The summed E-state index contributed by atoms with van der Waals surface area (Å²) < 4.78 is 60.3. The van der Waals surface area contributed by atoms with Crippen molar-refractivity contribution in [3.05, 3.63) is 0 Å². The lowest BCUT2D eigenvalue weighted by Gasteiger charge is -2.28. The van der Waals surface area contributed by atoms with Gasteiger partial charge in [0, 0.05) is 31.1 Å². The quantitative estimate of drug-likeness (QED) is 0.0910. The fourth-order valence-corrected chi connectivity index (χ4v) is 6.99. The average Bonchev–Trinajstić information content (AvgIpc) is 3.98. The van der Waals surface area contributed by atoms with Crippen LogP contribution in [0, 0.1) is 43.8 Å². The largest absolute Gasteiger partial charge is 0.463 e. The van der Waals surface area contributed by atoms with Crippen molar-refractivity contribution in [3.63, 3.8) is 0 Å². The van der Waals surface area contributed by atoms with Crippen molar-refractivity contribution < 1.29 is 114 Å². The van der Waals surface area contributed by atoms with Crippen LogP contribution in [-0.2, 0) is 114 Å². The second kappa shape index (κ2) is 33.2. The summed E-state index contributed by atoms with van der Waals surface area (Å²) in [7, 11) is 0. The molecule has 0 saturated carbocycles. The molecule has 0 aliphatic carbocycles. The van der Waals surface area contributed by atoms with Crippen molar-refractivity contribution in [1.82, 2.24) is 0 Å². The van der Waals surface area contributed by atoms with Crippen LogP contribution in [0.25, 0.3) is 0 Å². The van der Waals surface area contributed by atoms with E-state index in [0.717, 1.165) is 0 Å². The zero-order chi connectivity index (χ0) is 69.1. The van der Waals surface area contributed by atoms with Gasteiger partial charge in [0.1, 0.15) is 25.9 Å². The minimum atomic E-state index is -1.08. The molecule has 6 aliphatic heterocycles. The zero-order valence-corrected chi connectivity index (χ0v) is 57.5. The molecule has 0 aromatic heterocycles. The van der Waals surface area contributed by atoms with Crippen LogP contribution in [-0.4, -0.2) is 147 Å². The third-order valence-corrected chi connectivity index (χ3v) is 17.0. The second-order valence-corrected chi connectivity index (χ2v) is 28.0. The molecule has 510 valence electrons. The summed E-state index contributed by atoms with van der Waals surface area (Å²) in [6.45, 7) is 43.6. The van der Waals surface area contributed by atoms with E-state index >= 15 is 0 Å². The van der Waals surface area contributed by atoms with E-state index in [1.54, 1.807) is 55.4 Å². The molecule has 0 spiro atoms. The Morgan fingerprint density at radius 3 is 1.30 bits per heavy atom. The minimum absolute atomic E-state index is 0.0281. The molecule has 0 aromatic carbocycles. The van der Waals surface area contributed by atoms with Crippen molar-refractivity contribution in [3.8, 4) is 0 Å². The molecule has 0 amide bonds. The molecule has 24 heteroatoms. The fraction of sp³-hybridized carbons (Fsp3) is 0.815. The molecule has 6 saturated heterocycles. The Balaban J connectivity index is 0.000000534. The van der Waals surface area contributed by atoms with Gasteiger partial charge in [0.2, 0.25) is 29.7 Å². The number of rotatable bonds is 18. The lowest BCUT2D eigenvalue weighted by atomic mass is 9.88. The molecule has 6 aliphatic rings. The SMILES string of the molecule is CCC(C)(C)C(=O)OC1(C)CC(=O)CO1.CCC(C)(C)C(=O)OC1(C)CCOC1=O.CCC(C)(C)C(=O)OC1C(=O)OCC1(C)C.CCC(C)(C)C(=O)OC1C(=O)OCC1C.CCC(C)(C)C(=O)OC1CCOC1=O.CCC(C)(C)C(=O)OC1COC(=O)C1. The Kier molecular flexibility index (Phi) is 30.2. The molecule has 0 aromatic rings. The number of hydrogen-bond acceptors (Lipinski definition) is 24. The molecule has 24 nitrogen and oxygen atoms in total. The van der Waals surface area contributed by atoms with E-state index in [4.69, 9.17) is 56.8 Å². The Labute approximate surface area is 526 Å². The highest BCUT2D eigenvalue weighted by molar-refractivity contribution is 5.87. The number of cyclic esters (lactones) is 5. The van der Waals surface area contributed by atoms with Crippen LogP contribution in [0.15, 0.2) is 0 Å². The van der Waals surface area contributed by atoms with Gasteiger partial charge in [-0.05, 0) is 129 Å². The Morgan fingerprint density at radius 2 is 0.944 bits per heavy atom. The first-order valence-electron chi connectivity index (χ1n) is 30.9. The molecule has 0 N–H and O–H groups in total. The van der Waals surface area contributed by atoms with Gasteiger partial charge in [0.15, 0.2) is 5.78 Å². The Hall–Kier alpha value is -6.20. The molecular weight excluding hydrogens is 1160 g/mol. The summed E-state index contributed by atoms with van der Waals surface area (Å²) in [5, 5.41) is 0. The fourth-order valence-electron chi connectivity index (χ4n) is 6.99. The van der Waals surface area contributed by atoms with E-state index in [1.807, 2.05) is 104 Å². The average molecular weight is 1270 g/mol. The van der Waals surface area contributed by atoms with Crippen molar-refractivity contribution >= 4 is 71.4 Å². The van der Waals surface area contributed by atoms with Crippen molar-refractivity contribution in [2.75, 3.05) is 39.6 Å². The first-order chi connectivity index (χ1) is 40.6. The van der Waals surface area contributed by atoms with Gasteiger partial charge in [0.25, 0.3) is 0 Å². The first-order valence-corrected chi connectivity index (χ1v) is 30.9. The summed E-state index contributed by atoms with van der Waals surface area (Å²) in [5.74, 6) is -5.08. The maximum absolute atomic E-state index is 11.9. The topological polar surface area (TPSA) is 316 Å². The second-order valence-electron chi connectivity index (χ2n) is 28.0. The molecular formula is C65H106O24. The predicted molar refractivity (Wildman–Crippen MR) is 320 cm³/mol. The van der Waals surface area contributed by atoms with E-state index in [0.29, 0.717) is 77.8 Å². The number of carbonyl (C=O) groups excluding carboxylic acids is 12. The van der Waals surface area contributed by atoms with E-state index in [9.17, 15) is 57.5 Å².